The van der Waals surface area contributed by atoms with Crippen molar-refractivity contribution in [3.63, 3.8) is 0 Å². The molecule has 3 aromatic heterocycles. The number of hydrogen-bond donors (Lipinski definition) is 1. The van der Waals surface area contributed by atoms with E-state index in [0.29, 0.717) is 26.2 Å². The Hall–Kier alpha value is -3.24. The van der Waals surface area contributed by atoms with Crippen LogP contribution in [0, 0.1) is 0 Å². The normalized spacial score (nSPS) is 15.1. The Bertz CT molecular complexity index is 1040. The molecule has 1 aliphatic rings. The summed E-state index contributed by atoms with van der Waals surface area (Å²) in [4.78, 5) is 23.3. The Kier molecular flexibility index (Phi) is 5.27. The number of carbonyl (C=O) groups is 1. The smallest absolute Gasteiger partial charge is 0.409 e. The number of ether oxygens (including phenoxy) is 1. The molecule has 0 aromatic carbocycles. The van der Waals surface area contributed by atoms with Crippen LogP contribution in [0.25, 0.3) is 22.3 Å². The van der Waals surface area contributed by atoms with Crippen LogP contribution in [-0.2, 0) is 11.8 Å². The van der Waals surface area contributed by atoms with Gasteiger partial charge in [-0.2, -0.15) is 18.3 Å². The van der Waals surface area contributed by atoms with E-state index in [9.17, 15) is 18.0 Å². The third-order valence-electron chi connectivity index (χ3n) is 5.01. The first-order chi connectivity index (χ1) is 14.3. The number of aryl methyl sites for hydroxylation is 1. The quantitative estimate of drug-likeness (QED) is 0.699. The second kappa shape index (κ2) is 7.88. The van der Waals surface area contributed by atoms with Gasteiger partial charge in [0.15, 0.2) is 0 Å². The molecule has 0 saturated carbocycles. The summed E-state index contributed by atoms with van der Waals surface area (Å²) < 4.78 is 43.1. The summed E-state index contributed by atoms with van der Waals surface area (Å²) in [6.45, 7) is 1.17. The maximum absolute atomic E-state index is 12.2. The minimum atomic E-state index is -4.34. The number of carbonyl (C=O) groups excluding carboxylic acids is 1. The van der Waals surface area contributed by atoms with Crippen LogP contribution in [0.4, 0.5) is 23.7 Å². The van der Waals surface area contributed by atoms with Gasteiger partial charge in [-0.05, 0) is 12.1 Å². The molecule has 0 bridgehead atoms. The number of H-pyrrole nitrogens is 1. The number of rotatable bonds is 4. The minimum Gasteiger partial charge on any atom is -0.449 e. The van der Waals surface area contributed by atoms with Crippen LogP contribution >= 0.6 is 0 Å². The zero-order valence-corrected chi connectivity index (χ0v) is 16.3. The van der Waals surface area contributed by atoms with Gasteiger partial charge in [-0.15, -0.1) is 0 Å². The number of alkyl halides is 3. The number of fused-ring (bicyclic) bond motifs is 1. The van der Waals surface area contributed by atoms with Crippen molar-refractivity contribution in [3.8, 4) is 11.3 Å². The highest BCUT2D eigenvalue weighted by atomic mass is 19.4. The summed E-state index contributed by atoms with van der Waals surface area (Å²) in [7, 11) is 1.85. The second-order valence-electron chi connectivity index (χ2n) is 7.13. The highest BCUT2D eigenvalue weighted by Gasteiger charge is 2.29. The number of anilines is 1. The zero-order chi connectivity index (χ0) is 21.3. The summed E-state index contributed by atoms with van der Waals surface area (Å²) in [5.41, 5.74) is 3.59. The molecule has 0 aliphatic carbocycles. The van der Waals surface area contributed by atoms with E-state index in [-0.39, 0.29) is 0 Å². The highest BCUT2D eigenvalue weighted by Crippen LogP contribution is 2.30. The van der Waals surface area contributed by atoms with E-state index in [1.54, 1.807) is 17.1 Å². The molecule has 8 nitrogen and oxygen atoms in total. The Morgan fingerprint density at radius 1 is 1.27 bits per heavy atom. The first-order valence-electron chi connectivity index (χ1n) is 9.50. The second-order valence-corrected chi connectivity index (χ2v) is 7.13. The summed E-state index contributed by atoms with van der Waals surface area (Å²) >= 11 is 0. The molecule has 1 aliphatic heterocycles. The molecule has 1 N–H and O–H groups in total. The van der Waals surface area contributed by atoms with Gasteiger partial charge in [0.05, 0.1) is 18.3 Å². The number of nitrogens with one attached hydrogen (secondary N) is 1. The molecule has 3 aromatic rings. The van der Waals surface area contributed by atoms with Crippen molar-refractivity contribution in [2.75, 3.05) is 37.7 Å². The van der Waals surface area contributed by atoms with E-state index in [4.69, 9.17) is 4.74 Å². The molecular formula is C19H21F3N6O2. The lowest BCUT2D eigenvalue weighted by Gasteiger charge is -2.35. The zero-order valence-electron chi connectivity index (χ0n) is 16.3. The van der Waals surface area contributed by atoms with Crippen LogP contribution in [0.15, 0.2) is 30.7 Å². The van der Waals surface area contributed by atoms with E-state index in [1.165, 1.54) is 4.90 Å². The van der Waals surface area contributed by atoms with Gasteiger partial charge in [-0.3, -0.25) is 4.68 Å². The molecule has 0 radical (unpaired) electrons. The molecule has 11 heteroatoms. The molecule has 0 atom stereocenters. The predicted molar refractivity (Wildman–Crippen MR) is 104 cm³/mol. The van der Waals surface area contributed by atoms with Gasteiger partial charge in [-0.25, -0.2) is 9.78 Å². The number of aromatic nitrogens is 4. The van der Waals surface area contributed by atoms with Gasteiger partial charge in [0.1, 0.15) is 12.3 Å². The first kappa shape index (κ1) is 20.0. The summed E-state index contributed by atoms with van der Waals surface area (Å²) in [6.07, 6.45) is -0.781. The maximum atomic E-state index is 12.2. The Labute approximate surface area is 170 Å². The van der Waals surface area contributed by atoms with Gasteiger partial charge in [0.25, 0.3) is 0 Å². The molecule has 1 fully saturated rings. The molecule has 0 spiro atoms. The van der Waals surface area contributed by atoms with Gasteiger partial charge in [0, 0.05) is 62.3 Å². The Morgan fingerprint density at radius 3 is 2.70 bits per heavy atom. The van der Waals surface area contributed by atoms with Crippen LogP contribution in [0.1, 0.15) is 6.42 Å². The number of halogens is 3. The Morgan fingerprint density at radius 2 is 2.03 bits per heavy atom. The number of piperazine rings is 1. The van der Waals surface area contributed by atoms with E-state index in [0.717, 1.165) is 28.0 Å². The van der Waals surface area contributed by atoms with E-state index in [1.807, 2.05) is 25.4 Å². The van der Waals surface area contributed by atoms with Crippen molar-refractivity contribution in [3.05, 3.63) is 30.7 Å². The van der Waals surface area contributed by atoms with Crippen molar-refractivity contribution < 1.29 is 22.7 Å². The lowest BCUT2D eigenvalue weighted by atomic mass is 10.2. The molecule has 1 amide bonds. The van der Waals surface area contributed by atoms with E-state index in [2.05, 4.69) is 20.0 Å². The standard InChI is InChI=1S/C19H21F3N6O2/c1-26-12-13(11-24-26)15-10-14-16(2-4-23-17(14)25-15)27-5-7-28(8-6-27)18(29)30-9-3-19(20,21)22/h2,4,10-12H,3,5-9H2,1H3,(H,23,25). The number of amides is 1. The maximum Gasteiger partial charge on any atom is 0.409 e. The van der Waals surface area contributed by atoms with E-state index < -0.39 is 25.3 Å². The van der Waals surface area contributed by atoms with Crippen molar-refractivity contribution in [1.82, 2.24) is 24.6 Å². The summed E-state index contributed by atoms with van der Waals surface area (Å²) in [5.74, 6) is 0. The van der Waals surface area contributed by atoms with Crippen molar-refractivity contribution >= 4 is 22.8 Å². The number of nitrogens with zero attached hydrogens (tertiary/aromatic N) is 5. The van der Waals surface area contributed by atoms with Gasteiger partial charge < -0.3 is 19.5 Å². The molecule has 160 valence electrons. The van der Waals surface area contributed by atoms with Gasteiger partial charge in [0.2, 0.25) is 0 Å². The van der Waals surface area contributed by atoms with Crippen LogP contribution in [0.2, 0.25) is 0 Å². The third kappa shape index (κ3) is 4.34. The summed E-state index contributed by atoms with van der Waals surface area (Å²) in [5, 5.41) is 5.15. The van der Waals surface area contributed by atoms with Crippen LogP contribution in [-0.4, -0.2) is 69.7 Å². The average molecular weight is 422 g/mol. The van der Waals surface area contributed by atoms with Gasteiger partial charge in [-0.1, -0.05) is 0 Å². The molecule has 30 heavy (non-hydrogen) atoms. The lowest BCUT2D eigenvalue weighted by molar-refractivity contribution is -0.141. The minimum absolute atomic E-state index is 0.370. The fourth-order valence-electron chi connectivity index (χ4n) is 3.48. The summed E-state index contributed by atoms with van der Waals surface area (Å²) in [6, 6.07) is 3.94. The van der Waals surface area contributed by atoms with E-state index >= 15 is 0 Å². The SMILES string of the molecule is Cn1cc(-c2cc3c(N4CCN(C(=O)OCCC(F)(F)F)CC4)ccnc3[nH]2)cn1. The predicted octanol–water partition coefficient (Wildman–Crippen LogP) is 3.17. The number of hydrogen-bond acceptors (Lipinski definition) is 5. The largest absolute Gasteiger partial charge is 0.449 e. The van der Waals surface area contributed by atoms with Crippen LogP contribution in [0.5, 0.6) is 0 Å². The molecule has 4 heterocycles. The molecule has 0 unspecified atom stereocenters. The molecule has 4 rings (SSSR count). The fourth-order valence-corrected chi connectivity index (χ4v) is 3.48. The number of pyridine rings is 1. The number of aromatic amines is 1. The Balaban J connectivity index is 1.42. The van der Waals surface area contributed by atoms with Gasteiger partial charge >= 0.3 is 12.3 Å². The van der Waals surface area contributed by atoms with Crippen molar-refractivity contribution in [2.45, 2.75) is 12.6 Å². The van der Waals surface area contributed by atoms with Crippen LogP contribution < -0.4 is 4.90 Å². The fraction of sp³-hybridized carbons (Fsp3) is 0.421. The van der Waals surface area contributed by atoms with Crippen molar-refractivity contribution in [2.24, 2.45) is 7.05 Å². The molecule has 1 saturated heterocycles. The monoisotopic (exact) mass is 422 g/mol. The third-order valence-corrected chi connectivity index (χ3v) is 5.01. The molecular weight excluding hydrogens is 401 g/mol. The highest BCUT2D eigenvalue weighted by molar-refractivity contribution is 5.93. The first-order valence-corrected chi connectivity index (χ1v) is 9.50. The van der Waals surface area contributed by atoms with Crippen molar-refractivity contribution in [1.29, 1.82) is 0 Å². The van der Waals surface area contributed by atoms with Crippen LogP contribution in [0.3, 0.4) is 0 Å². The lowest BCUT2D eigenvalue weighted by Crippen LogP contribution is -2.49. The average Bonchev–Trinajstić information content (AvgIpc) is 3.33. The topological polar surface area (TPSA) is 79.3 Å².